The molecule has 0 aliphatic carbocycles. The lowest BCUT2D eigenvalue weighted by molar-refractivity contribution is 0.0741. The van der Waals surface area contributed by atoms with Crippen LogP contribution in [0.25, 0.3) is 11.0 Å². The zero-order valence-electron chi connectivity index (χ0n) is 26.8. The van der Waals surface area contributed by atoms with Gasteiger partial charge in [-0.15, -0.1) is 0 Å². The molecule has 0 unspecified atom stereocenters. The van der Waals surface area contributed by atoms with Crippen LogP contribution < -0.4 is 9.47 Å². The van der Waals surface area contributed by atoms with Crippen LogP contribution in [-0.2, 0) is 13.0 Å². The van der Waals surface area contributed by atoms with Crippen LogP contribution in [0.3, 0.4) is 0 Å². The number of hydrogen-bond donors (Lipinski definition) is 0. The van der Waals surface area contributed by atoms with Crippen molar-refractivity contribution in [1.29, 1.82) is 0 Å². The molecule has 0 atom stereocenters. The SMILES string of the molecule is COc1ccc(Cc2nc3ccc(C(=O)N(CCC(C)C)CCC(C)C)cc3n2CCCN2CCCCC2)cc1OC. The van der Waals surface area contributed by atoms with Crippen LogP contribution in [-0.4, -0.2) is 72.2 Å². The molecule has 1 amide bonds. The Morgan fingerprint density at radius 3 is 2.21 bits per heavy atom. The number of hydrogen-bond acceptors (Lipinski definition) is 5. The summed E-state index contributed by atoms with van der Waals surface area (Å²) in [4.78, 5) is 23.6. The Morgan fingerprint density at radius 2 is 1.57 bits per heavy atom. The van der Waals surface area contributed by atoms with Crippen molar-refractivity contribution in [2.24, 2.45) is 11.8 Å². The molecule has 0 spiro atoms. The summed E-state index contributed by atoms with van der Waals surface area (Å²) in [5.41, 5.74) is 3.86. The van der Waals surface area contributed by atoms with E-state index in [0.29, 0.717) is 18.3 Å². The summed E-state index contributed by atoms with van der Waals surface area (Å²) < 4.78 is 13.4. The molecule has 7 nitrogen and oxygen atoms in total. The Bertz CT molecular complexity index is 1280. The number of piperidine rings is 1. The smallest absolute Gasteiger partial charge is 0.253 e. The van der Waals surface area contributed by atoms with Crippen LogP contribution >= 0.6 is 0 Å². The molecule has 1 aliphatic rings. The van der Waals surface area contributed by atoms with Crippen LogP contribution in [0.2, 0.25) is 0 Å². The predicted molar refractivity (Wildman–Crippen MR) is 172 cm³/mol. The van der Waals surface area contributed by atoms with E-state index < -0.39 is 0 Å². The fraction of sp³-hybridized carbons (Fsp3) is 0.600. The molecule has 1 saturated heterocycles. The molecule has 42 heavy (non-hydrogen) atoms. The molecule has 1 aromatic heterocycles. The lowest BCUT2D eigenvalue weighted by Gasteiger charge is -2.26. The summed E-state index contributed by atoms with van der Waals surface area (Å²) in [6.45, 7) is 14.8. The molecule has 7 heteroatoms. The van der Waals surface area contributed by atoms with Crippen molar-refractivity contribution in [2.45, 2.75) is 79.2 Å². The maximum absolute atomic E-state index is 13.8. The van der Waals surface area contributed by atoms with E-state index in [0.717, 1.165) is 84.9 Å². The molecule has 3 aromatic rings. The third-order valence-electron chi connectivity index (χ3n) is 8.43. The van der Waals surface area contributed by atoms with Crippen LogP contribution in [0, 0.1) is 11.8 Å². The van der Waals surface area contributed by atoms with Gasteiger partial charge >= 0.3 is 0 Å². The Hall–Kier alpha value is -3.06. The third-order valence-corrected chi connectivity index (χ3v) is 8.43. The Labute approximate surface area is 253 Å². The van der Waals surface area contributed by atoms with Gasteiger partial charge in [0.25, 0.3) is 5.91 Å². The minimum atomic E-state index is 0.126. The van der Waals surface area contributed by atoms with Crippen molar-refractivity contribution in [3.63, 3.8) is 0 Å². The first-order valence-corrected chi connectivity index (χ1v) is 16.0. The van der Waals surface area contributed by atoms with E-state index in [2.05, 4.69) is 54.2 Å². The average molecular weight is 577 g/mol. The second kappa shape index (κ2) is 15.4. The number of carbonyl (C=O) groups excluding carboxylic acids is 1. The maximum atomic E-state index is 13.8. The van der Waals surface area contributed by atoms with Crippen molar-refractivity contribution in [2.75, 3.05) is 46.9 Å². The molecule has 230 valence electrons. The van der Waals surface area contributed by atoms with Gasteiger partial charge in [0.05, 0.1) is 25.3 Å². The summed E-state index contributed by atoms with van der Waals surface area (Å²) in [7, 11) is 3.33. The van der Waals surface area contributed by atoms with Gasteiger partial charge in [-0.1, -0.05) is 40.2 Å². The largest absolute Gasteiger partial charge is 0.493 e. The second-order valence-electron chi connectivity index (χ2n) is 12.7. The van der Waals surface area contributed by atoms with Gasteiger partial charge in [-0.2, -0.15) is 0 Å². The van der Waals surface area contributed by atoms with Crippen LogP contribution in [0.4, 0.5) is 0 Å². The van der Waals surface area contributed by atoms with Gasteiger partial charge in [-0.3, -0.25) is 4.79 Å². The fourth-order valence-electron chi connectivity index (χ4n) is 5.82. The molecule has 1 aliphatic heterocycles. The van der Waals surface area contributed by atoms with E-state index in [4.69, 9.17) is 14.5 Å². The Kier molecular flexibility index (Phi) is 11.7. The zero-order chi connectivity index (χ0) is 30.1. The monoisotopic (exact) mass is 576 g/mol. The minimum Gasteiger partial charge on any atom is -0.493 e. The predicted octanol–water partition coefficient (Wildman–Crippen LogP) is 7.05. The number of benzene rings is 2. The molecule has 0 saturated carbocycles. The van der Waals surface area contributed by atoms with Crippen molar-refractivity contribution < 1.29 is 14.3 Å². The number of aromatic nitrogens is 2. The standard InChI is InChI=1S/C35H52N4O3/c1-26(2)15-21-38(22-16-27(3)4)35(40)29-12-13-30-31(25-29)39(20-10-19-37-17-8-7-9-18-37)34(36-30)24-28-11-14-32(41-5)33(23-28)42-6/h11-14,23,25-27H,7-10,15-22,24H2,1-6H3. The van der Waals surface area contributed by atoms with Gasteiger partial charge in [0.1, 0.15) is 5.82 Å². The van der Waals surface area contributed by atoms with E-state index in [1.54, 1.807) is 14.2 Å². The molecule has 4 rings (SSSR count). The normalized spacial score (nSPS) is 14.2. The van der Waals surface area contributed by atoms with Gasteiger partial charge in [0.15, 0.2) is 11.5 Å². The van der Waals surface area contributed by atoms with Crippen LogP contribution in [0.5, 0.6) is 11.5 Å². The Morgan fingerprint density at radius 1 is 0.881 bits per heavy atom. The quantitative estimate of drug-likeness (QED) is 0.194. The van der Waals surface area contributed by atoms with E-state index in [1.807, 2.05) is 24.3 Å². The van der Waals surface area contributed by atoms with E-state index >= 15 is 0 Å². The van der Waals surface area contributed by atoms with Crippen molar-refractivity contribution in [3.05, 3.63) is 53.3 Å². The lowest BCUT2D eigenvalue weighted by atomic mass is 10.1. The molecule has 0 bridgehead atoms. The number of fused-ring (bicyclic) bond motifs is 1. The van der Waals surface area contributed by atoms with Gasteiger partial charge in [0.2, 0.25) is 0 Å². The van der Waals surface area contributed by atoms with E-state index in [1.165, 1.54) is 32.4 Å². The number of rotatable bonds is 15. The second-order valence-corrected chi connectivity index (χ2v) is 12.7. The van der Waals surface area contributed by atoms with Gasteiger partial charge in [0, 0.05) is 31.6 Å². The van der Waals surface area contributed by atoms with Gasteiger partial charge < -0.3 is 23.8 Å². The minimum absolute atomic E-state index is 0.126. The van der Waals surface area contributed by atoms with E-state index in [-0.39, 0.29) is 5.91 Å². The number of imidazole rings is 1. The van der Waals surface area contributed by atoms with Crippen LogP contribution in [0.15, 0.2) is 36.4 Å². The highest BCUT2D eigenvalue weighted by molar-refractivity contribution is 5.97. The number of carbonyl (C=O) groups is 1. The highest BCUT2D eigenvalue weighted by Gasteiger charge is 2.20. The third kappa shape index (κ3) is 8.50. The number of methoxy groups -OCH3 is 2. The number of amides is 1. The molecular formula is C35H52N4O3. The number of ether oxygens (including phenoxy) is 2. The molecule has 1 fully saturated rings. The summed E-state index contributed by atoms with van der Waals surface area (Å²) in [5.74, 6) is 3.69. The number of likely N-dealkylation sites (tertiary alicyclic amines) is 1. The summed E-state index contributed by atoms with van der Waals surface area (Å²) in [6.07, 6.45) is 7.70. The number of aryl methyl sites for hydroxylation is 1. The van der Waals surface area contributed by atoms with Crippen molar-refractivity contribution in [1.82, 2.24) is 19.4 Å². The first-order chi connectivity index (χ1) is 20.3. The fourth-order valence-corrected chi connectivity index (χ4v) is 5.82. The highest BCUT2D eigenvalue weighted by Crippen LogP contribution is 2.29. The van der Waals surface area contributed by atoms with Crippen molar-refractivity contribution >= 4 is 16.9 Å². The summed E-state index contributed by atoms with van der Waals surface area (Å²) >= 11 is 0. The summed E-state index contributed by atoms with van der Waals surface area (Å²) in [6, 6.07) is 12.2. The zero-order valence-corrected chi connectivity index (χ0v) is 26.8. The molecule has 2 heterocycles. The highest BCUT2D eigenvalue weighted by atomic mass is 16.5. The van der Waals surface area contributed by atoms with Gasteiger partial charge in [-0.05, 0) is 99.5 Å². The lowest BCUT2D eigenvalue weighted by Crippen LogP contribution is -2.34. The average Bonchev–Trinajstić information content (AvgIpc) is 3.33. The van der Waals surface area contributed by atoms with Crippen molar-refractivity contribution in [3.8, 4) is 11.5 Å². The maximum Gasteiger partial charge on any atom is 0.253 e. The number of nitrogens with zero attached hydrogens (tertiary/aromatic N) is 4. The topological polar surface area (TPSA) is 59.8 Å². The Balaban J connectivity index is 1.64. The first kappa shape index (κ1) is 31.9. The molecule has 0 N–H and O–H groups in total. The van der Waals surface area contributed by atoms with Crippen LogP contribution in [0.1, 0.15) is 88.0 Å². The van der Waals surface area contributed by atoms with Gasteiger partial charge in [-0.25, -0.2) is 4.98 Å². The molecule has 0 radical (unpaired) electrons. The first-order valence-electron chi connectivity index (χ1n) is 16.0. The molecule has 2 aromatic carbocycles. The molecular weight excluding hydrogens is 524 g/mol. The summed E-state index contributed by atoms with van der Waals surface area (Å²) in [5, 5.41) is 0. The van der Waals surface area contributed by atoms with E-state index in [9.17, 15) is 4.79 Å².